The molecule has 0 bridgehead atoms. The van der Waals surface area contributed by atoms with Crippen molar-refractivity contribution in [3.05, 3.63) is 0 Å². The molecule has 0 aromatic heterocycles. The smallest absolute Gasteiger partial charge is 0.188 e. The van der Waals surface area contributed by atoms with Crippen LogP contribution in [0.2, 0.25) is 20.2 Å². The summed E-state index contributed by atoms with van der Waals surface area (Å²) >= 11 is 0. The molecular formula is C17H39OSi2. The Morgan fingerprint density at radius 2 is 0.850 bits per heavy atom. The van der Waals surface area contributed by atoms with Crippen LogP contribution in [0.25, 0.3) is 0 Å². The second-order valence-corrected chi connectivity index (χ2v) is 22.4. The molecule has 0 saturated heterocycles. The highest BCUT2D eigenvalue weighted by Crippen LogP contribution is 2.61. The van der Waals surface area contributed by atoms with E-state index < -0.39 is 16.1 Å². The summed E-state index contributed by atoms with van der Waals surface area (Å²) in [6, 6.07) is 0. The summed E-state index contributed by atoms with van der Waals surface area (Å²) in [7, 11) is -0.702. The molecule has 1 radical (unpaired) electrons. The molecule has 3 heteroatoms. The van der Waals surface area contributed by atoms with E-state index in [2.05, 4.69) is 83.1 Å². The van der Waals surface area contributed by atoms with Crippen molar-refractivity contribution in [2.24, 2.45) is 0 Å². The van der Waals surface area contributed by atoms with E-state index in [9.17, 15) is 0 Å². The first-order chi connectivity index (χ1) is 8.43. The lowest BCUT2D eigenvalue weighted by Crippen LogP contribution is -2.70. The van der Waals surface area contributed by atoms with Crippen molar-refractivity contribution < 1.29 is 4.43 Å². The van der Waals surface area contributed by atoms with Crippen molar-refractivity contribution in [1.29, 1.82) is 0 Å². The minimum absolute atomic E-state index is 0.245. The van der Waals surface area contributed by atoms with E-state index in [1.807, 2.05) is 7.11 Å². The molecule has 0 rings (SSSR count). The Kier molecular flexibility index (Phi) is 5.66. The summed E-state index contributed by atoms with van der Waals surface area (Å²) in [6.45, 7) is 29.1. The van der Waals surface area contributed by atoms with Crippen LogP contribution in [0, 0.1) is 0 Å². The Labute approximate surface area is 131 Å². The normalized spacial score (nSPS) is 15.9. The number of hydrogen-bond acceptors (Lipinski definition) is 1. The fourth-order valence-electron chi connectivity index (χ4n) is 4.77. The topological polar surface area (TPSA) is 9.23 Å². The lowest BCUT2D eigenvalue weighted by molar-refractivity contribution is 0.342. The van der Waals surface area contributed by atoms with Gasteiger partial charge in [0.2, 0.25) is 0 Å². The highest BCUT2D eigenvalue weighted by Gasteiger charge is 2.65. The van der Waals surface area contributed by atoms with Crippen LogP contribution in [0.5, 0.6) is 0 Å². The molecule has 0 aliphatic rings. The molecule has 0 amide bonds. The Bertz CT molecular complexity index is 293. The van der Waals surface area contributed by atoms with Crippen LogP contribution < -0.4 is 0 Å². The van der Waals surface area contributed by atoms with Crippen molar-refractivity contribution in [3.8, 4) is 0 Å². The molecule has 0 atom stereocenters. The second kappa shape index (κ2) is 5.55. The molecule has 0 heterocycles. The predicted octanol–water partition coefficient (Wildman–Crippen LogP) is 6.35. The van der Waals surface area contributed by atoms with Gasteiger partial charge in [-0.15, -0.1) is 0 Å². The van der Waals surface area contributed by atoms with E-state index in [-0.39, 0.29) is 10.1 Å². The van der Waals surface area contributed by atoms with Crippen LogP contribution in [0.4, 0.5) is 0 Å². The molecule has 0 unspecified atom stereocenters. The molecule has 20 heavy (non-hydrogen) atoms. The second-order valence-electron chi connectivity index (χ2n) is 10.3. The van der Waals surface area contributed by atoms with Gasteiger partial charge in [-0.05, 0) is 20.2 Å². The van der Waals surface area contributed by atoms with Gasteiger partial charge in [0.1, 0.15) is 0 Å². The van der Waals surface area contributed by atoms with Crippen molar-refractivity contribution in [3.63, 3.8) is 0 Å². The first-order valence-corrected chi connectivity index (χ1v) is 12.3. The van der Waals surface area contributed by atoms with Gasteiger partial charge < -0.3 is 4.43 Å². The lowest BCUT2D eigenvalue weighted by Gasteiger charge is -2.60. The zero-order chi connectivity index (χ0) is 16.8. The van der Waals surface area contributed by atoms with Crippen LogP contribution in [0.3, 0.4) is 0 Å². The highest BCUT2D eigenvalue weighted by atomic mass is 29.2. The summed E-state index contributed by atoms with van der Waals surface area (Å²) < 4.78 is 6.57. The van der Waals surface area contributed by atoms with E-state index in [0.717, 1.165) is 0 Å². The van der Waals surface area contributed by atoms with Gasteiger partial charge in [0, 0.05) is 7.11 Å². The molecule has 0 aromatic rings. The first kappa shape index (κ1) is 20.4. The fourth-order valence-corrected chi connectivity index (χ4v) is 25.8. The summed E-state index contributed by atoms with van der Waals surface area (Å²) in [5.41, 5.74) is 0. The summed E-state index contributed by atoms with van der Waals surface area (Å²) in [6.07, 6.45) is 0. The van der Waals surface area contributed by atoms with E-state index in [1.165, 1.54) is 0 Å². The van der Waals surface area contributed by atoms with E-state index in [0.29, 0.717) is 10.1 Å². The third-order valence-electron chi connectivity index (χ3n) is 4.27. The van der Waals surface area contributed by atoms with Crippen LogP contribution in [0.1, 0.15) is 83.1 Å². The van der Waals surface area contributed by atoms with Gasteiger partial charge in [0.15, 0.2) is 7.83 Å². The van der Waals surface area contributed by atoms with E-state index in [4.69, 9.17) is 4.43 Å². The quantitative estimate of drug-likeness (QED) is 0.539. The lowest BCUT2D eigenvalue weighted by atomic mass is 10.2. The molecule has 0 N–H and O–H groups in total. The summed E-state index contributed by atoms with van der Waals surface area (Å²) in [5, 5.41) is 1.17. The monoisotopic (exact) mass is 315 g/mol. The van der Waals surface area contributed by atoms with Crippen molar-refractivity contribution in [2.45, 2.75) is 103 Å². The summed E-state index contributed by atoms with van der Waals surface area (Å²) in [4.78, 5) is 0. The molecule has 0 aliphatic carbocycles. The number of hydrogen-bond donors (Lipinski definition) is 0. The molecule has 0 aliphatic heterocycles. The van der Waals surface area contributed by atoms with Crippen LogP contribution >= 0.6 is 0 Å². The largest absolute Gasteiger partial charge is 0.422 e. The maximum absolute atomic E-state index is 6.57. The predicted molar refractivity (Wildman–Crippen MR) is 97.4 cm³/mol. The molecule has 0 saturated carbocycles. The van der Waals surface area contributed by atoms with Gasteiger partial charge in [0.05, 0.1) is 8.31 Å². The average Bonchev–Trinajstić information content (AvgIpc) is 2.04. The maximum Gasteiger partial charge on any atom is 0.188 e. The third kappa shape index (κ3) is 3.59. The molecule has 121 valence electrons. The Balaban J connectivity index is 6.51. The van der Waals surface area contributed by atoms with Crippen LogP contribution in [-0.2, 0) is 4.43 Å². The Hall–Kier alpha value is 0.394. The van der Waals surface area contributed by atoms with Crippen LogP contribution in [0.15, 0.2) is 0 Å². The molecule has 0 fully saturated rings. The third-order valence-corrected chi connectivity index (χ3v) is 24.5. The van der Waals surface area contributed by atoms with Gasteiger partial charge in [-0.3, -0.25) is 0 Å². The van der Waals surface area contributed by atoms with E-state index in [1.54, 1.807) is 0 Å². The van der Waals surface area contributed by atoms with Gasteiger partial charge in [-0.2, -0.15) is 0 Å². The minimum atomic E-state index is -1.97. The summed E-state index contributed by atoms with van der Waals surface area (Å²) in [5.74, 6) is 0. The molecule has 0 spiro atoms. The Morgan fingerprint density at radius 3 is 0.900 bits per heavy atom. The highest BCUT2D eigenvalue weighted by molar-refractivity contribution is 7.34. The van der Waals surface area contributed by atoms with E-state index >= 15 is 0 Å². The van der Waals surface area contributed by atoms with Gasteiger partial charge >= 0.3 is 0 Å². The number of rotatable bonds is 2. The zero-order valence-electron chi connectivity index (χ0n) is 16.4. The fraction of sp³-hybridized carbons (Fsp3) is 1.00. The molecule has 0 aromatic carbocycles. The van der Waals surface area contributed by atoms with Crippen molar-refractivity contribution in [1.82, 2.24) is 0 Å². The van der Waals surface area contributed by atoms with Crippen molar-refractivity contribution >= 4 is 16.1 Å². The zero-order valence-corrected chi connectivity index (χ0v) is 18.4. The van der Waals surface area contributed by atoms with Gasteiger partial charge in [-0.1, -0.05) is 83.1 Å². The SMILES string of the molecule is CO[Si]([Si](C(C)(C)C)C(C)(C)C)(C(C)(C)C)C(C)(C)C. The molecular weight excluding hydrogens is 276 g/mol. The minimum Gasteiger partial charge on any atom is -0.422 e. The van der Waals surface area contributed by atoms with Crippen molar-refractivity contribution in [2.75, 3.05) is 7.11 Å². The van der Waals surface area contributed by atoms with Crippen LogP contribution in [-0.4, -0.2) is 23.3 Å². The standard InChI is InChI=1S/C17H39OSi2/c1-14(2,3)19(15(4,5)6)20(18-13,16(7,8)9)17(10,11)12/h1-13H3. The molecule has 1 nitrogen and oxygen atoms in total. The van der Waals surface area contributed by atoms with Gasteiger partial charge in [0.25, 0.3) is 0 Å². The maximum atomic E-state index is 6.57. The van der Waals surface area contributed by atoms with Gasteiger partial charge in [-0.25, -0.2) is 0 Å². The first-order valence-electron chi connectivity index (χ1n) is 7.86. The Morgan fingerprint density at radius 1 is 0.600 bits per heavy atom. The average molecular weight is 316 g/mol.